The molecule has 3 aromatic rings. The molecule has 0 bridgehead atoms. The molecule has 0 spiro atoms. The predicted molar refractivity (Wildman–Crippen MR) is 91.5 cm³/mol. The van der Waals surface area contributed by atoms with Crippen LogP contribution in [-0.4, -0.2) is 39.9 Å². The number of alkyl halides is 3. The van der Waals surface area contributed by atoms with Gasteiger partial charge < -0.3 is 15.6 Å². The van der Waals surface area contributed by atoms with Gasteiger partial charge >= 0.3 is 6.18 Å². The summed E-state index contributed by atoms with van der Waals surface area (Å²) in [5.74, 6) is -0.396. The van der Waals surface area contributed by atoms with Crippen molar-refractivity contribution in [2.45, 2.75) is 13.1 Å². The Hall–Kier alpha value is -3.10. The first-order chi connectivity index (χ1) is 12.1. The highest BCUT2D eigenvalue weighted by atomic mass is 19.4. The lowest BCUT2D eigenvalue weighted by Gasteiger charge is -2.12. The second kappa shape index (κ2) is 6.01. The van der Waals surface area contributed by atoms with E-state index < -0.39 is 17.6 Å². The quantitative estimate of drug-likeness (QED) is 0.732. The first kappa shape index (κ1) is 17.7. The van der Waals surface area contributed by atoms with E-state index in [1.54, 1.807) is 14.1 Å². The molecule has 0 aliphatic carbocycles. The van der Waals surface area contributed by atoms with Crippen molar-refractivity contribution in [3.63, 3.8) is 0 Å². The van der Waals surface area contributed by atoms with Gasteiger partial charge in [-0.3, -0.25) is 4.79 Å². The van der Waals surface area contributed by atoms with Crippen molar-refractivity contribution in [3.8, 4) is 11.3 Å². The Morgan fingerprint density at radius 2 is 1.96 bits per heavy atom. The Balaban J connectivity index is 2.18. The molecule has 0 fully saturated rings. The van der Waals surface area contributed by atoms with Crippen LogP contribution in [0.3, 0.4) is 0 Å². The number of hydrogen-bond donors (Lipinski definition) is 2. The van der Waals surface area contributed by atoms with Crippen molar-refractivity contribution >= 4 is 22.6 Å². The van der Waals surface area contributed by atoms with Crippen LogP contribution in [0.15, 0.2) is 24.4 Å². The second-order valence-corrected chi connectivity index (χ2v) is 6.08. The fourth-order valence-electron chi connectivity index (χ4n) is 2.72. The third kappa shape index (κ3) is 2.96. The van der Waals surface area contributed by atoms with E-state index in [1.807, 2.05) is 0 Å². The van der Waals surface area contributed by atoms with Crippen molar-refractivity contribution in [3.05, 3.63) is 41.3 Å². The van der Waals surface area contributed by atoms with Gasteiger partial charge in [-0.05, 0) is 25.1 Å². The molecule has 1 amide bonds. The molecule has 0 saturated heterocycles. The molecule has 3 aromatic heterocycles. The average molecular weight is 363 g/mol. The van der Waals surface area contributed by atoms with Gasteiger partial charge in [0.25, 0.3) is 5.91 Å². The molecule has 6 nitrogen and oxygen atoms in total. The summed E-state index contributed by atoms with van der Waals surface area (Å²) in [6.45, 7) is 1.35. The Labute approximate surface area is 146 Å². The SMILES string of the molecule is Cc1[nH]c2ncc(-c3ccc(N)c(C(=O)N(C)C)n3)cc2c1C(F)(F)F. The Kier molecular flexibility index (Phi) is 4.09. The molecule has 0 radical (unpaired) electrons. The lowest BCUT2D eigenvalue weighted by molar-refractivity contribution is -0.136. The van der Waals surface area contributed by atoms with Crippen LogP contribution in [0.25, 0.3) is 22.3 Å². The lowest BCUT2D eigenvalue weighted by atomic mass is 10.1. The molecule has 0 aliphatic rings. The summed E-state index contributed by atoms with van der Waals surface area (Å²) in [6.07, 6.45) is -3.11. The molecule has 9 heteroatoms. The minimum absolute atomic E-state index is 0.00844. The third-order valence-corrected chi connectivity index (χ3v) is 3.95. The van der Waals surface area contributed by atoms with Gasteiger partial charge in [-0.25, -0.2) is 9.97 Å². The number of nitrogens with one attached hydrogen (secondary N) is 1. The average Bonchev–Trinajstić information content (AvgIpc) is 2.89. The molecule has 0 saturated carbocycles. The number of carbonyl (C=O) groups excluding carboxylic acids is 1. The van der Waals surface area contributed by atoms with Gasteiger partial charge in [0.1, 0.15) is 5.65 Å². The number of anilines is 1. The fourth-order valence-corrected chi connectivity index (χ4v) is 2.72. The summed E-state index contributed by atoms with van der Waals surface area (Å²) in [5.41, 5.74) is 6.06. The van der Waals surface area contributed by atoms with E-state index in [9.17, 15) is 18.0 Å². The molecule has 3 rings (SSSR count). The van der Waals surface area contributed by atoms with E-state index in [1.165, 1.54) is 36.2 Å². The zero-order chi connectivity index (χ0) is 19.2. The van der Waals surface area contributed by atoms with Crippen LogP contribution < -0.4 is 5.73 Å². The number of amides is 1. The lowest BCUT2D eigenvalue weighted by Crippen LogP contribution is -2.24. The number of nitrogens with zero attached hydrogens (tertiary/aromatic N) is 3. The number of aromatic amines is 1. The minimum atomic E-state index is -4.51. The summed E-state index contributed by atoms with van der Waals surface area (Å²) in [6, 6.07) is 4.39. The van der Waals surface area contributed by atoms with Crippen molar-refractivity contribution in [1.29, 1.82) is 0 Å². The van der Waals surface area contributed by atoms with E-state index in [2.05, 4.69) is 15.0 Å². The largest absolute Gasteiger partial charge is 0.418 e. The molecule has 3 N–H and O–H groups in total. The smallest absolute Gasteiger partial charge is 0.397 e. The topological polar surface area (TPSA) is 87.9 Å². The van der Waals surface area contributed by atoms with E-state index in [0.29, 0.717) is 11.3 Å². The maximum absolute atomic E-state index is 13.3. The van der Waals surface area contributed by atoms with Crippen LogP contribution >= 0.6 is 0 Å². The fraction of sp³-hybridized carbons (Fsp3) is 0.235. The number of rotatable bonds is 2. The van der Waals surface area contributed by atoms with Gasteiger partial charge in [0, 0.05) is 36.9 Å². The van der Waals surface area contributed by atoms with Gasteiger partial charge in [0.05, 0.1) is 16.9 Å². The van der Waals surface area contributed by atoms with E-state index in [0.717, 1.165) is 0 Å². The van der Waals surface area contributed by atoms with Gasteiger partial charge in [-0.2, -0.15) is 13.2 Å². The zero-order valence-corrected chi connectivity index (χ0v) is 14.3. The molecule has 0 atom stereocenters. The standard InChI is InChI=1S/C17H16F3N5O/c1-8-13(17(18,19)20)10-6-9(7-22-15(10)23-8)12-5-4-11(21)14(24-12)16(26)25(2)3/h4-7H,21H2,1-3H3,(H,22,23). The Bertz CT molecular complexity index is 1010. The molecule has 3 heterocycles. The molecular formula is C17H16F3N5O. The maximum atomic E-state index is 13.3. The number of hydrogen-bond acceptors (Lipinski definition) is 4. The van der Waals surface area contributed by atoms with Crippen molar-refractivity contribution in [1.82, 2.24) is 19.9 Å². The van der Waals surface area contributed by atoms with Crippen molar-refractivity contribution in [2.75, 3.05) is 19.8 Å². The summed E-state index contributed by atoms with van der Waals surface area (Å²) in [7, 11) is 3.11. The highest BCUT2D eigenvalue weighted by Crippen LogP contribution is 2.38. The van der Waals surface area contributed by atoms with Crippen LogP contribution in [-0.2, 0) is 6.18 Å². The molecule has 26 heavy (non-hydrogen) atoms. The summed E-state index contributed by atoms with van der Waals surface area (Å²) in [5, 5.41) is -0.0494. The minimum Gasteiger partial charge on any atom is -0.397 e. The number of nitrogen functional groups attached to an aromatic ring is 1. The summed E-state index contributed by atoms with van der Waals surface area (Å²) >= 11 is 0. The maximum Gasteiger partial charge on any atom is 0.418 e. The van der Waals surface area contributed by atoms with Crippen LogP contribution in [0.1, 0.15) is 21.7 Å². The van der Waals surface area contributed by atoms with Crippen LogP contribution in [0.5, 0.6) is 0 Å². The highest BCUT2D eigenvalue weighted by molar-refractivity contribution is 5.97. The Morgan fingerprint density at radius 3 is 2.58 bits per heavy atom. The zero-order valence-electron chi connectivity index (χ0n) is 14.3. The number of halogens is 3. The number of fused-ring (bicyclic) bond motifs is 1. The molecule has 0 aromatic carbocycles. The van der Waals surface area contributed by atoms with Gasteiger partial charge in [-0.15, -0.1) is 0 Å². The number of nitrogens with two attached hydrogens (primary N) is 1. The third-order valence-electron chi connectivity index (χ3n) is 3.95. The number of aromatic nitrogens is 3. The van der Waals surface area contributed by atoms with Crippen molar-refractivity contribution < 1.29 is 18.0 Å². The van der Waals surface area contributed by atoms with Crippen LogP contribution in [0.2, 0.25) is 0 Å². The van der Waals surface area contributed by atoms with E-state index >= 15 is 0 Å². The molecule has 136 valence electrons. The van der Waals surface area contributed by atoms with Crippen LogP contribution in [0.4, 0.5) is 18.9 Å². The molecule has 0 unspecified atom stereocenters. The van der Waals surface area contributed by atoms with Gasteiger partial charge in [0.2, 0.25) is 0 Å². The molecule has 0 aliphatic heterocycles. The normalized spacial score (nSPS) is 11.8. The Morgan fingerprint density at radius 1 is 1.27 bits per heavy atom. The number of H-pyrrole nitrogens is 1. The summed E-state index contributed by atoms with van der Waals surface area (Å²) < 4.78 is 40.0. The number of aryl methyl sites for hydroxylation is 1. The highest BCUT2D eigenvalue weighted by Gasteiger charge is 2.36. The monoisotopic (exact) mass is 363 g/mol. The first-order valence-corrected chi connectivity index (χ1v) is 7.63. The predicted octanol–water partition coefficient (Wildman–Crippen LogP) is 3.24. The summed E-state index contributed by atoms with van der Waals surface area (Å²) in [4.78, 5) is 24.4. The number of pyridine rings is 2. The second-order valence-electron chi connectivity index (χ2n) is 6.08. The van der Waals surface area contributed by atoms with Crippen molar-refractivity contribution in [2.24, 2.45) is 0 Å². The number of carbonyl (C=O) groups is 1. The van der Waals surface area contributed by atoms with E-state index in [-0.39, 0.29) is 28.1 Å². The van der Waals surface area contributed by atoms with Gasteiger partial charge in [-0.1, -0.05) is 0 Å². The van der Waals surface area contributed by atoms with Crippen LogP contribution in [0, 0.1) is 6.92 Å². The molecular weight excluding hydrogens is 347 g/mol. The van der Waals surface area contributed by atoms with E-state index in [4.69, 9.17) is 5.73 Å². The first-order valence-electron chi connectivity index (χ1n) is 7.63. The van der Waals surface area contributed by atoms with Gasteiger partial charge in [0.15, 0.2) is 5.69 Å².